The van der Waals surface area contributed by atoms with Gasteiger partial charge in [-0.15, -0.1) is 0 Å². The maximum Gasteiger partial charge on any atom is 0.323 e. The Kier molecular flexibility index (Phi) is 9.39. The van der Waals surface area contributed by atoms with Gasteiger partial charge in [0.05, 0.1) is 18.9 Å². The summed E-state index contributed by atoms with van der Waals surface area (Å²) in [6.07, 6.45) is 0.814. The van der Waals surface area contributed by atoms with E-state index in [1.807, 2.05) is 0 Å². The highest BCUT2D eigenvalue weighted by atomic mass is 19.3. The summed E-state index contributed by atoms with van der Waals surface area (Å²) in [5, 5.41) is 11.2. The van der Waals surface area contributed by atoms with Gasteiger partial charge in [0.2, 0.25) is 6.93 Å². The number of allylic oxidation sites excluding steroid dienone is 1. The molecule has 2 amide bonds. The Morgan fingerprint density at radius 1 is 1.50 bits per heavy atom. The second-order valence-corrected chi connectivity index (χ2v) is 3.67. The number of aliphatic hydroxyl groups is 1. The van der Waals surface area contributed by atoms with Crippen molar-refractivity contribution in [3.63, 3.8) is 0 Å². The Bertz CT molecular complexity index is 342. The zero-order valence-corrected chi connectivity index (χ0v) is 10.9. The zero-order valence-electron chi connectivity index (χ0n) is 10.9. The molecule has 9 heteroatoms. The Morgan fingerprint density at radius 3 is 2.50 bits per heavy atom. The molecule has 116 valence electrons. The molecular formula is C11H17F3N2O4. The van der Waals surface area contributed by atoms with Crippen molar-refractivity contribution in [3.8, 4) is 0 Å². The van der Waals surface area contributed by atoms with E-state index in [4.69, 9.17) is 9.84 Å². The van der Waals surface area contributed by atoms with Crippen molar-refractivity contribution in [2.24, 2.45) is 0 Å². The average Bonchev–Trinajstić information content (AvgIpc) is 2.93. The van der Waals surface area contributed by atoms with Gasteiger partial charge in [-0.05, 0) is 12.8 Å². The lowest BCUT2D eigenvalue weighted by Gasteiger charge is -2.24. The number of hydrogen-bond donors (Lipinski definition) is 2. The summed E-state index contributed by atoms with van der Waals surface area (Å²) in [6, 6.07) is -0.578. The summed E-state index contributed by atoms with van der Waals surface area (Å²) in [4.78, 5) is 22.7. The van der Waals surface area contributed by atoms with E-state index in [2.05, 4.69) is 5.32 Å². The molecule has 0 aromatic carbocycles. The number of rotatable bonds is 4. The van der Waals surface area contributed by atoms with Crippen molar-refractivity contribution in [2.45, 2.75) is 25.2 Å². The molecule has 0 bridgehead atoms. The van der Waals surface area contributed by atoms with E-state index >= 15 is 0 Å². The van der Waals surface area contributed by atoms with E-state index in [1.165, 1.54) is 7.05 Å². The summed E-state index contributed by atoms with van der Waals surface area (Å²) < 4.78 is 37.5. The van der Waals surface area contributed by atoms with Gasteiger partial charge >= 0.3 is 6.03 Å². The SMILES string of the molecule is CNC(=O)N(/C=C(/F)C=O)C1CCC(CO)O1.FCF. The number of carbonyl (C=O) groups is 2. The predicted octanol–water partition coefficient (Wildman–Crippen LogP) is 1.02. The molecule has 20 heavy (non-hydrogen) atoms. The number of aliphatic hydroxyl groups excluding tert-OH is 1. The summed E-state index contributed by atoms with van der Waals surface area (Å²) >= 11 is 0. The van der Waals surface area contributed by atoms with Crippen LogP contribution in [0, 0.1) is 0 Å². The summed E-state index contributed by atoms with van der Waals surface area (Å²) in [5.74, 6) is -1.07. The highest BCUT2D eigenvalue weighted by molar-refractivity contribution is 5.77. The van der Waals surface area contributed by atoms with Crippen molar-refractivity contribution in [1.82, 2.24) is 10.2 Å². The lowest BCUT2D eigenvalue weighted by molar-refractivity contribution is -0.106. The van der Waals surface area contributed by atoms with Gasteiger partial charge in [-0.1, -0.05) is 0 Å². The number of nitrogens with zero attached hydrogens (tertiary/aromatic N) is 1. The van der Waals surface area contributed by atoms with Crippen molar-refractivity contribution in [2.75, 3.05) is 20.6 Å². The first-order chi connectivity index (χ1) is 9.53. The summed E-state index contributed by atoms with van der Waals surface area (Å²) in [6.45, 7) is -1.90. The number of alkyl halides is 2. The van der Waals surface area contributed by atoms with Gasteiger partial charge in [-0.25, -0.2) is 18.0 Å². The molecule has 2 atom stereocenters. The van der Waals surface area contributed by atoms with E-state index < -0.39 is 25.0 Å². The molecule has 0 aliphatic carbocycles. The van der Waals surface area contributed by atoms with Gasteiger partial charge in [0.25, 0.3) is 0 Å². The Morgan fingerprint density at radius 2 is 2.10 bits per heavy atom. The van der Waals surface area contributed by atoms with Gasteiger partial charge in [0, 0.05) is 7.05 Å². The number of halogens is 3. The number of amides is 2. The third-order valence-electron chi connectivity index (χ3n) is 2.42. The molecule has 0 spiro atoms. The van der Waals surface area contributed by atoms with Gasteiger partial charge in [0.1, 0.15) is 6.23 Å². The molecular weight excluding hydrogens is 281 g/mol. The fourth-order valence-electron chi connectivity index (χ4n) is 1.59. The van der Waals surface area contributed by atoms with E-state index in [0.717, 1.165) is 11.1 Å². The number of nitrogens with one attached hydrogen (secondary N) is 1. The number of urea groups is 1. The molecule has 1 fully saturated rings. The van der Waals surface area contributed by atoms with Crippen molar-refractivity contribution < 1.29 is 32.6 Å². The van der Waals surface area contributed by atoms with Gasteiger partial charge in [0.15, 0.2) is 12.1 Å². The molecule has 1 aliphatic rings. The largest absolute Gasteiger partial charge is 0.394 e. The number of ether oxygens (including phenoxy) is 1. The first-order valence-electron chi connectivity index (χ1n) is 5.74. The normalized spacial score (nSPS) is 21.8. The second-order valence-electron chi connectivity index (χ2n) is 3.67. The minimum Gasteiger partial charge on any atom is -0.394 e. The standard InChI is InChI=1S/C10H15FN2O4.CH2F2/c1-12-10(16)13(4-7(11)5-14)9-3-2-8(6-15)17-9;2-1-3/h4-5,8-9,15H,2-3,6H2,1H3,(H,12,16);1H2/b7-4+;. The van der Waals surface area contributed by atoms with Crippen LogP contribution in [0.3, 0.4) is 0 Å². The smallest absolute Gasteiger partial charge is 0.323 e. The number of carbonyl (C=O) groups excluding carboxylic acids is 2. The highest BCUT2D eigenvalue weighted by Crippen LogP contribution is 2.23. The lowest BCUT2D eigenvalue weighted by atomic mass is 10.2. The molecule has 1 heterocycles. The fraction of sp³-hybridized carbons (Fsp3) is 0.636. The molecule has 0 aromatic heterocycles. The van der Waals surface area contributed by atoms with Crippen LogP contribution in [0.2, 0.25) is 0 Å². The van der Waals surface area contributed by atoms with Crippen LogP contribution in [0.15, 0.2) is 12.0 Å². The maximum atomic E-state index is 12.9. The topological polar surface area (TPSA) is 78.9 Å². The molecule has 6 nitrogen and oxygen atoms in total. The van der Waals surface area contributed by atoms with Crippen LogP contribution in [-0.4, -0.2) is 55.2 Å². The van der Waals surface area contributed by atoms with Gasteiger partial charge in [-0.2, -0.15) is 0 Å². The minimum absolute atomic E-state index is 0.00835. The first kappa shape index (κ1) is 18.4. The molecule has 1 rings (SSSR count). The van der Waals surface area contributed by atoms with Crippen LogP contribution in [-0.2, 0) is 9.53 Å². The van der Waals surface area contributed by atoms with Crippen molar-refractivity contribution >= 4 is 12.3 Å². The van der Waals surface area contributed by atoms with E-state index in [0.29, 0.717) is 12.8 Å². The van der Waals surface area contributed by atoms with Gasteiger partial charge < -0.3 is 15.2 Å². The van der Waals surface area contributed by atoms with Crippen LogP contribution in [0.1, 0.15) is 12.8 Å². The van der Waals surface area contributed by atoms with Crippen LogP contribution < -0.4 is 5.32 Å². The average molecular weight is 298 g/mol. The van der Waals surface area contributed by atoms with E-state index in [-0.39, 0.29) is 19.0 Å². The quantitative estimate of drug-likeness (QED) is 0.600. The van der Waals surface area contributed by atoms with Crippen LogP contribution >= 0.6 is 0 Å². The first-order valence-corrected chi connectivity index (χ1v) is 5.74. The second kappa shape index (κ2) is 10.2. The Balaban J connectivity index is 0.00000110. The number of hydrogen-bond acceptors (Lipinski definition) is 4. The molecule has 2 unspecified atom stereocenters. The zero-order chi connectivity index (χ0) is 15.5. The summed E-state index contributed by atoms with van der Waals surface area (Å²) in [7, 11) is 1.39. The number of aldehydes is 1. The third-order valence-corrected chi connectivity index (χ3v) is 2.42. The minimum atomic E-state index is -1.75. The Hall–Kier alpha value is -1.61. The Labute approximate surface area is 114 Å². The van der Waals surface area contributed by atoms with E-state index in [9.17, 15) is 22.8 Å². The van der Waals surface area contributed by atoms with Crippen LogP contribution in [0.4, 0.5) is 18.0 Å². The molecule has 1 saturated heterocycles. The lowest BCUT2D eigenvalue weighted by Crippen LogP contribution is -2.42. The van der Waals surface area contributed by atoms with E-state index in [1.54, 1.807) is 0 Å². The fourth-order valence-corrected chi connectivity index (χ4v) is 1.59. The highest BCUT2D eigenvalue weighted by Gasteiger charge is 2.31. The van der Waals surface area contributed by atoms with Crippen LogP contribution in [0.5, 0.6) is 0 Å². The van der Waals surface area contributed by atoms with Crippen molar-refractivity contribution in [3.05, 3.63) is 12.0 Å². The van der Waals surface area contributed by atoms with Gasteiger partial charge in [-0.3, -0.25) is 9.69 Å². The van der Waals surface area contributed by atoms with Crippen molar-refractivity contribution in [1.29, 1.82) is 0 Å². The molecule has 0 radical (unpaired) electrons. The molecule has 0 aromatic rings. The molecule has 0 saturated carbocycles. The van der Waals surface area contributed by atoms with Crippen LogP contribution in [0.25, 0.3) is 0 Å². The monoisotopic (exact) mass is 298 g/mol. The molecule has 2 N–H and O–H groups in total. The third kappa shape index (κ3) is 6.02. The summed E-state index contributed by atoms with van der Waals surface area (Å²) in [5.41, 5.74) is 0. The molecule has 1 aliphatic heterocycles. The maximum absolute atomic E-state index is 12.9. The predicted molar refractivity (Wildman–Crippen MR) is 63.6 cm³/mol.